The van der Waals surface area contributed by atoms with Crippen molar-refractivity contribution in [3.05, 3.63) is 100 Å². The van der Waals surface area contributed by atoms with Gasteiger partial charge in [0, 0.05) is 43.5 Å². The maximum atomic E-state index is 12.8. The molecule has 1 saturated heterocycles. The molecule has 9 heteroatoms. The number of carbonyl (C=O) groups excluding carboxylic acids is 1. The van der Waals surface area contributed by atoms with E-state index in [0.29, 0.717) is 23.8 Å². The zero-order chi connectivity index (χ0) is 28.1. The standard InChI is InChI=1S/C31H32N2O7/c1-37-23-10-8-22(9-11-23)33-16-14-32(15-17-33)20-24-18-26(34)30(36)31(39-24)25(19-29(35)38-2)28-13-12-27(40-28)21-6-4-3-5-7-21/h3-13,18,25,36H,14-17,19-20H2,1-2H3/t25-/m1/s1. The number of ether oxygens (including phenoxy) is 2. The molecule has 0 saturated carbocycles. The topological polar surface area (TPSA) is 106 Å². The number of anilines is 1. The Bertz CT molecular complexity index is 1490. The van der Waals surface area contributed by atoms with Crippen LogP contribution in [0, 0.1) is 0 Å². The zero-order valence-corrected chi connectivity index (χ0v) is 22.5. The lowest BCUT2D eigenvalue weighted by Gasteiger charge is -2.35. The Labute approximate surface area is 232 Å². The number of piperazine rings is 1. The summed E-state index contributed by atoms with van der Waals surface area (Å²) in [6.45, 7) is 3.52. The highest BCUT2D eigenvalue weighted by molar-refractivity contribution is 5.71. The molecule has 2 aromatic heterocycles. The van der Waals surface area contributed by atoms with Crippen LogP contribution in [-0.4, -0.2) is 56.4 Å². The molecule has 3 heterocycles. The summed E-state index contributed by atoms with van der Waals surface area (Å²) >= 11 is 0. The molecule has 2 aromatic carbocycles. The van der Waals surface area contributed by atoms with Crippen LogP contribution < -0.4 is 15.1 Å². The first-order valence-electron chi connectivity index (χ1n) is 13.1. The van der Waals surface area contributed by atoms with Gasteiger partial charge in [-0.15, -0.1) is 0 Å². The van der Waals surface area contributed by atoms with Crippen molar-refractivity contribution in [2.45, 2.75) is 18.9 Å². The molecule has 0 unspecified atom stereocenters. The van der Waals surface area contributed by atoms with E-state index >= 15 is 0 Å². The van der Waals surface area contributed by atoms with Crippen molar-refractivity contribution in [2.24, 2.45) is 0 Å². The molecular weight excluding hydrogens is 512 g/mol. The molecule has 5 rings (SSSR count). The number of aromatic hydroxyl groups is 1. The average molecular weight is 545 g/mol. The molecule has 40 heavy (non-hydrogen) atoms. The van der Waals surface area contributed by atoms with Crippen molar-refractivity contribution in [3.63, 3.8) is 0 Å². The van der Waals surface area contributed by atoms with E-state index in [1.165, 1.54) is 13.2 Å². The summed E-state index contributed by atoms with van der Waals surface area (Å²) in [7, 11) is 2.93. The minimum Gasteiger partial charge on any atom is -0.502 e. The quantitative estimate of drug-likeness (QED) is 0.302. The third-order valence-electron chi connectivity index (χ3n) is 7.13. The molecule has 1 atom stereocenters. The number of hydrogen-bond acceptors (Lipinski definition) is 9. The second-order valence-electron chi connectivity index (χ2n) is 9.65. The van der Waals surface area contributed by atoms with Gasteiger partial charge in [0.2, 0.25) is 11.2 Å². The highest BCUT2D eigenvalue weighted by Gasteiger charge is 2.30. The molecule has 0 amide bonds. The van der Waals surface area contributed by atoms with Crippen molar-refractivity contribution in [1.29, 1.82) is 0 Å². The monoisotopic (exact) mass is 544 g/mol. The maximum absolute atomic E-state index is 12.8. The first-order chi connectivity index (χ1) is 19.4. The van der Waals surface area contributed by atoms with E-state index in [1.807, 2.05) is 54.6 Å². The van der Waals surface area contributed by atoms with Gasteiger partial charge in [-0.05, 0) is 36.4 Å². The first-order valence-corrected chi connectivity index (χ1v) is 13.1. The SMILES string of the molecule is COC(=O)C[C@H](c1ccc(-c2ccccc2)o1)c1oc(CN2CCN(c3ccc(OC)cc3)CC2)cc(=O)c1O. The molecule has 4 aromatic rings. The molecule has 0 aliphatic carbocycles. The van der Waals surface area contributed by atoms with Crippen LogP contribution in [0.1, 0.15) is 29.6 Å². The van der Waals surface area contributed by atoms with Crippen molar-refractivity contribution in [1.82, 2.24) is 4.90 Å². The van der Waals surface area contributed by atoms with Crippen molar-refractivity contribution in [2.75, 3.05) is 45.3 Å². The zero-order valence-electron chi connectivity index (χ0n) is 22.5. The number of esters is 1. The van der Waals surface area contributed by atoms with Crippen LogP contribution in [-0.2, 0) is 16.1 Å². The van der Waals surface area contributed by atoms with E-state index in [2.05, 4.69) is 9.80 Å². The van der Waals surface area contributed by atoms with Gasteiger partial charge in [0.1, 0.15) is 23.0 Å². The fraction of sp³-hybridized carbons (Fsp3) is 0.290. The average Bonchev–Trinajstić information content (AvgIpc) is 3.49. The largest absolute Gasteiger partial charge is 0.502 e. The smallest absolute Gasteiger partial charge is 0.306 e. The summed E-state index contributed by atoms with van der Waals surface area (Å²) in [5.74, 6) is 0.274. The molecule has 0 spiro atoms. The van der Waals surface area contributed by atoms with E-state index < -0.39 is 23.1 Å². The number of carbonyl (C=O) groups is 1. The molecular formula is C31H32N2O7. The summed E-state index contributed by atoms with van der Waals surface area (Å²) in [6.07, 6.45) is -0.168. The van der Waals surface area contributed by atoms with Gasteiger partial charge in [0.05, 0.1) is 33.1 Å². The molecule has 9 nitrogen and oxygen atoms in total. The Morgan fingerprint density at radius 1 is 0.950 bits per heavy atom. The molecule has 0 radical (unpaired) electrons. The van der Waals surface area contributed by atoms with Gasteiger partial charge in [-0.3, -0.25) is 14.5 Å². The Kier molecular flexibility index (Phi) is 8.21. The van der Waals surface area contributed by atoms with Crippen LogP contribution in [0.4, 0.5) is 5.69 Å². The lowest BCUT2D eigenvalue weighted by atomic mass is 9.98. The van der Waals surface area contributed by atoms with Crippen molar-refractivity contribution in [3.8, 4) is 22.8 Å². The lowest BCUT2D eigenvalue weighted by molar-refractivity contribution is -0.141. The van der Waals surface area contributed by atoms with Gasteiger partial charge in [0.15, 0.2) is 5.76 Å². The predicted octanol–water partition coefficient (Wildman–Crippen LogP) is 4.63. The van der Waals surface area contributed by atoms with Crippen LogP contribution in [0.2, 0.25) is 0 Å². The number of hydrogen-bond donors (Lipinski definition) is 1. The minimum atomic E-state index is -0.843. The Balaban J connectivity index is 1.36. The van der Waals surface area contributed by atoms with E-state index in [9.17, 15) is 14.7 Å². The summed E-state index contributed by atoms with van der Waals surface area (Å²) in [4.78, 5) is 29.6. The molecule has 208 valence electrons. The summed E-state index contributed by atoms with van der Waals surface area (Å²) in [5, 5.41) is 10.7. The molecule has 1 N–H and O–H groups in total. The van der Waals surface area contributed by atoms with E-state index in [1.54, 1.807) is 19.2 Å². The summed E-state index contributed by atoms with van der Waals surface area (Å²) in [6, 6.07) is 22.3. The van der Waals surface area contributed by atoms with Crippen LogP contribution in [0.3, 0.4) is 0 Å². The predicted molar refractivity (Wildman–Crippen MR) is 150 cm³/mol. The van der Waals surface area contributed by atoms with Crippen LogP contribution in [0.5, 0.6) is 11.5 Å². The highest BCUT2D eigenvalue weighted by Crippen LogP contribution is 2.36. The van der Waals surface area contributed by atoms with Crippen LogP contribution >= 0.6 is 0 Å². The van der Waals surface area contributed by atoms with E-state index in [-0.39, 0.29) is 12.2 Å². The molecule has 1 aliphatic heterocycles. The van der Waals surface area contributed by atoms with Crippen molar-refractivity contribution < 1.29 is 28.2 Å². The Morgan fingerprint density at radius 3 is 2.35 bits per heavy atom. The third-order valence-corrected chi connectivity index (χ3v) is 7.13. The summed E-state index contributed by atoms with van der Waals surface area (Å²) < 4.78 is 22.3. The second-order valence-corrected chi connectivity index (χ2v) is 9.65. The van der Waals surface area contributed by atoms with E-state index in [0.717, 1.165) is 43.2 Å². The van der Waals surface area contributed by atoms with Gasteiger partial charge in [-0.2, -0.15) is 0 Å². The van der Waals surface area contributed by atoms with Gasteiger partial charge in [-0.1, -0.05) is 30.3 Å². The highest BCUT2D eigenvalue weighted by atomic mass is 16.5. The Morgan fingerprint density at radius 2 is 1.68 bits per heavy atom. The molecule has 1 aliphatic rings. The number of benzene rings is 2. The summed E-state index contributed by atoms with van der Waals surface area (Å²) in [5.41, 5.74) is 1.41. The number of furan rings is 1. The number of rotatable bonds is 9. The third kappa shape index (κ3) is 6.05. The fourth-order valence-corrected chi connectivity index (χ4v) is 4.92. The van der Waals surface area contributed by atoms with Gasteiger partial charge in [-0.25, -0.2) is 0 Å². The van der Waals surface area contributed by atoms with Gasteiger partial charge < -0.3 is 28.3 Å². The molecule has 0 bridgehead atoms. The Hall–Kier alpha value is -4.50. The molecule has 1 fully saturated rings. The second kappa shape index (κ2) is 12.1. The first kappa shape index (κ1) is 27.1. The maximum Gasteiger partial charge on any atom is 0.306 e. The number of methoxy groups -OCH3 is 2. The minimum absolute atomic E-state index is 0.0151. The van der Waals surface area contributed by atoms with Gasteiger partial charge >= 0.3 is 5.97 Å². The number of nitrogens with zero attached hydrogens (tertiary/aromatic N) is 2. The van der Waals surface area contributed by atoms with Crippen LogP contribution in [0.15, 0.2) is 86.4 Å². The van der Waals surface area contributed by atoms with Gasteiger partial charge in [0.25, 0.3) is 0 Å². The normalized spacial score (nSPS) is 14.6. The van der Waals surface area contributed by atoms with Crippen molar-refractivity contribution >= 4 is 11.7 Å². The fourth-order valence-electron chi connectivity index (χ4n) is 4.92. The van der Waals surface area contributed by atoms with Crippen LogP contribution in [0.25, 0.3) is 11.3 Å². The van der Waals surface area contributed by atoms with E-state index in [4.69, 9.17) is 18.3 Å². The lowest BCUT2D eigenvalue weighted by Crippen LogP contribution is -2.46.